The zero-order valence-corrected chi connectivity index (χ0v) is 9.89. The van der Waals surface area contributed by atoms with Gasteiger partial charge in [-0.2, -0.15) is 0 Å². The summed E-state index contributed by atoms with van der Waals surface area (Å²) in [5.41, 5.74) is 0. The summed E-state index contributed by atoms with van der Waals surface area (Å²) < 4.78 is 6.60. The normalized spacial score (nSPS) is 13.4. The zero-order valence-electron chi connectivity index (χ0n) is 6.26. The van der Waals surface area contributed by atoms with Crippen molar-refractivity contribution < 1.29 is 24.4 Å². The van der Waals surface area contributed by atoms with Gasteiger partial charge in [-0.1, -0.05) is 0 Å². The topological polar surface area (TPSA) is 143 Å². The van der Waals surface area contributed by atoms with E-state index in [1.54, 1.807) is 0 Å². The summed E-state index contributed by atoms with van der Waals surface area (Å²) in [6.07, 6.45) is 0. The second kappa shape index (κ2) is 2.31. The van der Waals surface area contributed by atoms with E-state index < -0.39 is 24.4 Å². The van der Waals surface area contributed by atoms with Gasteiger partial charge in [-0.3, -0.25) is 0 Å². The summed E-state index contributed by atoms with van der Waals surface area (Å²) in [5.74, 6) is 0. The van der Waals surface area contributed by atoms with E-state index in [1.807, 2.05) is 0 Å². The molecule has 0 N–H and O–H groups in total. The summed E-state index contributed by atoms with van der Waals surface area (Å²) >= 11 is -7.05. The molecule has 57 valence electrons. The predicted octanol–water partition coefficient (Wildman–Crippen LogP) is 0.101. The van der Waals surface area contributed by atoms with Gasteiger partial charge in [-0.15, -0.1) is 0 Å². The van der Waals surface area contributed by atoms with Crippen LogP contribution in [0.25, 0.3) is 0 Å². The first-order chi connectivity index (χ1) is 5.97. The minimum atomic E-state index is -7.05. The Kier molecular flexibility index (Phi) is 1.98. The van der Waals surface area contributed by atoms with Gasteiger partial charge in [0, 0.05) is 0 Å². The van der Waals surface area contributed by atoms with Crippen molar-refractivity contribution in [2.75, 3.05) is 0 Å². The molecule has 6 nitrogen and oxygen atoms in total. The molecule has 0 atom stereocenters. The van der Waals surface area contributed by atoms with Crippen LogP contribution in [0.15, 0.2) is 0 Å². The van der Waals surface area contributed by atoms with Crippen molar-refractivity contribution in [1.29, 1.82) is 31.6 Å². The summed E-state index contributed by atoms with van der Waals surface area (Å²) in [5, 5.41) is 51.7. The Morgan fingerprint density at radius 2 is 0.615 bits per heavy atom. The van der Waals surface area contributed by atoms with E-state index >= 15 is 0 Å². The van der Waals surface area contributed by atoms with Crippen LogP contribution >= 0.6 is 0 Å². The summed E-state index contributed by atoms with van der Waals surface area (Å²) in [7, 11) is 0. The van der Waals surface area contributed by atoms with Crippen LogP contribution in [-0.2, 0) is 0 Å². The molecule has 0 saturated carbocycles. The zero-order chi connectivity index (χ0) is 10.7. The molecule has 0 spiro atoms. The maximum absolute atomic E-state index is 8.61. The maximum atomic E-state index is 8.61. The molecular formula is C6LaN6. The quantitative estimate of drug-likeness (QED) is 0.620. The first kappa shape index (κ1) is 11.1. The second-order valence-electron chi connectivity index (χ2n) is 2.94. The Labute approximate surface area is 70.2 Å². The average molecular weight is 295 g/mol. The van der Waals surface area contributed by atoms with Crippen LogP contribution in [-0.4, -0.2) is 0 Å². The van der Waals surface area contributed by atoms with Gasteiger partial charge in [0.2, 0.25) is 0 Å². The number of nitriles is 6. The summed E-state index contributed by atoms with van der Waals surface area (Å²) in [6.45, 7) is 0. The van der Waals surface area contributed by atoms with Crippen LogP contribution in [0, 0.1) is 70.8 Å². The molecule has 0 heterocycles. The van der Waals surface area contributed by atoms with Crippen molar-refractivity contribution in [3.8, 4) is 14.8 Å². The van der Waals surface area contributed by atoms with Crippen molar-refractivity contribution in [3.05, 3.63) is 0 Å². The van der Waals surface area contributed by atoms with Gasteiger partial charge >= 0.3 is 70.8 Å². The molecule has 0 saturated heterocycles. The third-order valence-corrected chi connectivity index (χ3v) is 14.1. The summed E-state index contributed by atoms with van der Waals surface area (Å²) in [6, 6.07) is 0. The van der Waals surface area contributed by atoms with Gasteiger partial charge in [-0.25, -0.2) is 0 Å². The number of nitrogens with zero attached hydrogens (tertiary/aromatic N) is 6. The van der Waals surface area contributed by atoms with Crippen molar-refractivity contribution in [2.45, 2.75) is 0 Å². The average Bonchev–Trinajstić information content (AvgIpc) is 2.26. The van der Waals surface area contributed by atoms with E-state index in [-0.39, 0.29) is 0 Å². The van der Waals surface area contributed by atoms with E-state index in [1.165, 1.54) is 0 Å². The molecule has 0 radical (unpaired) electrons. The molecule has 13 heavy (non-hydrogen) atoms. The monoisotopic (exact) mass is 295 g/mol. The Bertz CT molecular complexity index is 387. The second-order valence-corrected chi connectivity index (χ2v) is 21.4. The van der Waals surface area contributed by atoms with Crippen LogP contribution < -0.4 is 0 Å². The Balaban J connectivity index is 6.92. The van der Waals surface area contributed by atoms with E-state index in [2.05, 4.69) is 0 Å². The fraction of sp³-hybridized carbons (Fsp3) is 0. The number of hydrogen-bond donors (Lipinski definition) is 0. The molecule has 0 unspecified atom stereocenters. The molecule has 0 amide bonds. The molecule has 0 rings (SSSR count). The Morgan fingerprint density at radius 1 is 0.462 bits per heavy atom. The van der Waals surface area contributed by atoms with Gasteiger partial charge in [0.05, 0.1) is 0 Å². The minimum absolute atomic E-state index is 1.10. The van der Waals surface area contributed by atoms with Crippen LogP contribution in [0.4, 0.5) is 0 Å². The fourth-order valence-corrected chi connectivity index (χ4v) is 3.15. The molecule has 0 fully saturated rings. The third kappa shape index (κ3) is 0.847. The van der Waals surface area contributed by atoms with Crippen molar-refractivity contribution in [1.82, 2.24) is 0 Å². The predicted molar refractivity (Wildman–Crippen MR) is 33.7 cm³/mol. The molecule has 0 aliphatic carbocycles. The molecule has 0 aromatic carbocycles. The van der Waals surface area contributed by atoms with Gasteiger partial charge < -0.3 is 0 Å². The number of rotatable bonds is 0. The fourth-order valence-electron chi connectivity index (χ4n) is 0.433. The van der Waals surface area contributed by atoms with Crippen LogP contribution in [0.2, 0.25) is 0 Å². The Hall–Kier alpha value is -1.87. The molecule has 0 aromatic rings. The van der Waals surface area contributed by atoms with Crippen molar-refractivity contribution >= 4 is 0 Å². The van der Waals surface area contributed by atoms with Gasteiger partial charge in [0.15, 0.2) is 0 Å². The van der Waals surface area contributed by atoms with E-state index in [9.17, 15) is 0 Å². The number of hydrogen-bond acceptors (Lipinski definition) is 6. The van der Waals surface area contributed by atoms with Crippen LogP contribution in [0.5, 0.6) is 0 Å². The molecule has 0 bridgehead atoms. The van der Waals surface area contributed by atoms with Crippen LogP contribution in [0.1, 0.15) is 0 Å². The van der Waals surface area contributed by atoms with Crippen molar-refractivity contribution in [3.63, 3.8) is 0 Å². The van der Waals surface area contributed by atoms with Gasteiger partial charge in [0.1, 0.15) is 0 Å². The van der Waals surface area contributed by atoms with E-state index in [0.717, 1.165) is 14.8 Å². The van der Waals surface area contributed by atoms with E-state index in [4.69, 9.17) is 31.6 Å². The van der Waals surface area contributed by atoms with Gasteiger partial charge in [-0.05, 0) is 0 Å². The van der Waals surface area contributed by atoms with Crippen LogP contribution in [0.3, 0.4) is 0 Å². The third-order valence-electron chi connectivity index (χ3n) is 1.94. The summed E-state index contributed by atoms with van der Waals surface area (Å²) in [4.78, 5) is 0. The first-order valence-corrected chi connectivity index (χ1v) is 14.0. The molecular weight excluding hydrogens is 295 g/mol. The first-order valence-electron chi connectivity index (χ1n) is 3.07. The molecule has 0 aliphatic rings. The molecule has 7 heteroatoms. The van der Waals surface area contributed by atoms with Gasteiger partial charge in [0.25, 0.3) is 0 Å². The molecule has 0 aliphatic heterocycles. The SMILES string of the molecule is N#[C][La]([C]#N)([C]#N)([C]#N)([C]#N)[C]#N. The van der Waals surface area contributed by atoms with Crippen molar-refractivity contribution in [2.24, 2.45) is 0 Å². The standard InChI is InChI=1S/6CN.La/c6*1-2;. The Morgan fingerprint density at radius 3 is 0.615 bits per heavy atom. The van der Waals surface area contributed by atoms with E-state index in [0.29, 0.717) is 0 Å². The molecule has 0 aromatic heterocycles.